The Bertz CT molecular complexity index is 722. The molecule has 0 radical (unpaired) electrons. The van der Waals surface area contributed by atoms with Crippen LogP contribution in [0.3, 0.4) is 0 Å². The molecule has 6 rings (SSSR count). The predicted octanol–water partition coefficient (Wildman–Crippen LogP) is 4.02. The molecule has 1 heterocycles. The van der Waals surface area contributed by atoms with Crippen LogP contribution in [0, 0.1) is 17.3 Å². The second-order valence-electron chi connectivity index (χ2n) is 9.08. The van der Waals surface area contributed by atoms with E-state index in [1.807, 2.05) is 36.2 Å². The van der Waals surface area contributed by atoms with Gasteiger partial charge in [-0.15, -0.1) is 0 Å². The second kappa shape index (κ2) is 5.88. The summed E-state index contributed by atoms with van der Waals surface area (Å²) in [5.74, 6) is 3.32. The van der Waals surface area contributed by atoms with Crippen molar-refractivity contribution in [1.29, 1.82) is 0 Å². The fraction of sp³-hybridized carbons (Fsp3) is 0.667. The highest BCUT2D eigenvalue weighted by molar-refractivity contribution is 9.10. The summed E-state index contributed by atoms with van der Waals surface area (Å²) in [6, 6.07) is 7.74. The van der Waals surface area contributed by atoms with Gasteiger partial charge in [-0.25, -0.2) is 0 Å². The maximum atomic E-state index is 13.5. The highest BCUT2D eigenvalue weighted by Gasteiger charge is 2.60. The average Bonchev–Trinajstić information content (AvgIpc) is 2.59. The first kappa shape index (κ1) is 16.9. The first-order valence-corrected chi connectivity index (χ1v) is 10.6. The van der Waals surface area contributed by atoms with Crippen molar-refractivity contribution in [3.63, 3.8) is 0 Å². The molecular weight excluding hydrogens is 394 g/mol. The van der Waals surface area contributed by atoms with Gasteiger partial charge in [-0.1, -0.05) is 28.1 Å². The number of hydrogen-bond acceptors (Lipinski definition) is 3. The largest absolute Gasteiger partial charge is 0.486 e. The van der Waals surface area contributed by atoms with Gasteiger partial charge in [0.05, 0.1) is 12.0 Å². The predicted molar refractivity (Wildman–Crippen MR) is 103 cm³/mol. The zero-order chi connectivity index (χ0) is 17.9. The lowest BCUT2D eigenvalue weighted by atomic mass is 9.49. The van der Waals surface area contributed by atoms with Crippen molar-refractivity contribution < 1.29 is 14.3 Å². The quantitative estimate of drug-likeness (QED) is 0.694. The van der Waals surface area contributed by atoms with Gasteiger partial charge in [0.25, 0.3) is 0 Å². The molecule has 4 saturated carbocycles. The Labute approximate surface area is 163 Å². The van der Waals surface area contributed by atoms with Gasteiger partial charge in [0.1, 0.15) is 6.61 Å². The van der Waals surface area contributed by atoms with E-state index >= 15 is 0 Å². The Hall–Kier alpha value is -1.23. The summed E-state index contributed by atoms with van der Waals surface area (Å²) in [6.45, 7) is 1.08. The van der Waals surface area contributed by atoms with Crippen LogP contribution in [-0.2, 0) is 4.79 Å². The number of benzene rings is 1. The Morgan fingerprint density at radius 1 is 1.19 bits per heavy atom. The fourth-order valence-electron chi connectivity index (χ4n) is 6.35. The van der Waals surface area contributed by atoms with Crippen LogP contribution < -0.4 is 9.47 Å². The van der Waals surface area contributed by atoms with Crippen molar-refractivity contribution in [1.82, 2.24) is 4.90 Å². The number of fused-ring (bicyclic) bond motifs is 1. The van der Waals surface area contributed by atoms with E-state index in [0.29, 0.717) is 30.9 Å². The van der Waals surface area contributed by atoms with Crippen LogP contribution in [0.2, 0.25) is 0 Å². The van der Waals surface area contributed by atoms with Crippen molar-refractivity contribution in [3.8, 4) is 11.5 Å². The van der Waals surface area contributed by atoms with E-state index < -0.39 is 0 Å². The Morgan fingerprint density at radius 3 is 2.58 bits per heavy atom. The zero-order valence-electron chi connectivity index (χ0n) is 15.2. The third kappa shape index (κ3) is 2.74. The summed E-state index contributed by atoms with van der Waals surface area (Å²) >= 11 is 4.01. The van der Waals surface area contributed by atoms with E-state index in [-0.39, 0.29) is 15.8 Å². The number of carbonyl (C=O) groups is 1. The summed E-state index contributed by atoms with van der Waals surface area (Å²) in [4.78, 5) is 15.4. The Kier molecular flexibility index (Phi) is 3.83. The van der Waals surface area contributed by atoms with Gasteiger partial charge in [-0.2, -0.15) is 0 Å². The molecule has 0 spiro atoms. The third-order valence-electron chi connectivity index (χ3n) is 6.84. The number of rotatable bonds is 3. The molecule has 5 heteroatoms. The standard InChI is InChI=1S/C21H26BrNO3/c1-23(11-16-12-25-17-4-2-3-5-18(17)26-16)19(24)20-7-14-6-15(8-20)10-21(22,9-14)13-20/h2-5,14-16H,6-13H2,1H3. The van der Waals surface area contributed by atoms with Crippen molar-refractivity contribution in [2.75, 3.05) is 20.2 Å². The van der Waals surface area contributed by atoms with Crippen LogP contribution in [0.1, 0.15) is 38.5 Å². The van der Waals surface area contributed by atoms with Crippen LogP contribution in [-0.4, -0.2) is 41.4 Å². The molecule has 26 heavy (non-hydrogen) atoms. The summed E-state index contributed by atoms with van der Waals surface area (Å²) in [5, 5.41) is 0. The minimum Gasteiger partial charge on any atom is -0.486 e. The van der Waals surface area contributed by atoms with Gasteiger partial charge in [0, 0.05) is 11.4 Å². The van der Waals surface area contributed by atoms with Gasteiger partial charge in [0.2, 0.25) is 5.91 Å². The topological polar surface area (TPSA) is 38.8 Å². The molecule has 5 aliphatic rings. The van der Waals surface area contributed by atoms with E-state index in [1.165, 1.54) is 19.3 Å². The molecule has 140 valence electrons. The Balaban J connectivity index is 1.29. The molecule has 3 atom stereocenters. The Morgan fingerprint density at radius 2 is 1.88 bits per heavy atom. The lowest BCUT2D eigenvalue weighted by Gasteiger charge is -2.60. The molecule has 3 unspecified atom stereocenters. The maximum Gasteiger partial charge on any atom is 0.228 e. The smallest absolute Gasteiger partial charge is 0.228 e. The first-order chi connectivity index (χ1) is 12.4. The summed E-state index contributed by atoms with van der Waals surface area (Å²) in [6.07, 6.45) is 6.86. The van der Waals surface area contributed by atoms with Gasteiger partial charge < -0.3 is 14.4 Å². The molecular formula is C21H26BrNO3. The SMILES string of the molecule is CN(CC1COc2ccccc2O1)C(=O)C12CC3CC(CC(Br)(C3)C1)C2. The van der Waals surface area contributed by atoms with Crippen LogP contribution in [0.5, 0.6) is 11.5 Å². The summed E-state index contributed by atoms with van der Waals surface area (Å²) in [5.41, 5.74) is -0.157. The van der Waals surface area contributed by atoms with Crippen LogP contribution in [0.4, 0.5) is 0 Å². The minimum atomic E-state index is -0.157. The lowest BCUT2D eigenvalue weighted by Crippen LogP contribution is -2.59. The van der Waals surface area contributed by atoms with Gasteiger partial charge >= 0.3 is 0 Å². The third-order valence-corrected chi connectivity index (χ3v) is 7.76. The van der Waals surface area contributed by atoms with Crippen molar-refractivity contribution in [3.05, 3.63) is 24.3 Å². The number of para-hydroxylation sites is 2. The molecule has 0 N–H and O–H groups in total. The number of likely N-dealkylation sites (N-methyl/N-ethyl adjacent to an activating group) is 1. The molecule has 1 aromatic rings. The zero-order valence-corrected chi connectivity index (χ0v) is 16.8. The van der Waals surface area contributed by atoms with Crippen LogP contribution >= 0.6 is 15.9 Å². The number of nitrogens with zero attached hydrogens (tertiary/aromatic N) is 1. The minimum absolute atomic E-state index is 0.106. The number of carbonyl (C=O) groups excluding carboxylic acids is 1. The highest BCUT2D eigenvalue weighted by atomic mass is 79.9. The molecule has 1 aromatic carbocycles. The number of ether oxygens (including phenoxy) is 2. The highest BCUT2D eigenvalue weighted by Crippen LogP contribution is 2.64. The molecule has 4 bridgehead atoms. The van der Waals surface area contributed by atoms with Crippen LogP contribution in [0.25, 0.3) is 0 Å². The van der Waals surface area contributed by atoms with Crippen molar-refractivity contribution in [2.24, 2.45) is 17.3 Å². The number of alkyl halides is 1. The molecule has 4 nitrogen and oxygen atoms in total. The molecule has 4 aliphatic carbocycles. The van der Waals surface area contributed by atoms with Gasteiger partial charge in [-0.05, 0) is 62.5 Å². The summed E-state index contributed by atoms with van der Waals surface area (Å²) < 4.78 is 12.1. The molecule has 1 aliphatic heterocycles. The average molecular weight is 420 g/mol. The monoisotopic (exact) mass is 419 g/mol. The molecule has 0 aromatic heterocycles. The normalized spacial score (nSPS) is 39.7. The molecule has 0 saturated heterocycles. The van der Waals surface area contributed by atoms with E-state index in [9.17, 15) is 4.79 Å². The number of amides is 1. The fourth-order valence-corrected chi connectivity index (χ4v) is 7.80. The van der Waals surface area contributed by atoms with E-state index in [1.54, 1.807) is 0 Å². The second-order valence-corrected chi connectivity index (χ2v) is 10.8. The van der Waals surface area contributed by atoms with Gasteiger partial charge in [-0.3, -0.25) is 4.79 Å². The van der Waals surface area contributed by atoms with Crippen LogP contribution in [0.15, 0.2) is 24.3 Å². The van der Waals surface area contributed by atoms with E-state index in [2.05, 4.69) is 15.9 Å². The molecule has 1 amide bonds. The summed E-state index contributed by atoms with van der Waals surface area (Å²) in [7, 11) is 1.94. The maximum absolute atomic E-state index is 13.5. The first-order valence-electron chi connectivity index (χ1n) is 9.78. The van der Waals surface area contributed by atoms with Gasteiger partial charge in [0.15, 0.2) is 17.6 Å². The van der Waals surface area contributed by atoms with Crippen molar-refractivity contribution >= 4 is 21.8 Å². The lowest BCUT2D eigenvalue weighted by molar-refractivity contribution is -0.155. The number of hydrogen-bond donors (Lipinski definition) is 0. The number of halogens is 1. The molecule has 4 fully saturated rings. The van der Waals surface area contributed by atoms with E-state index in [0.717, 1.165) is 30.8 Å². The van der Waals surface area contributed by atoms with Crippen molar-refractivity contribution in [2.45, 2.75) is 49.0 Å². The van der Waals surface area contributed by atoms with E-state index in [4.69, 9.17) is 9.47 Å².